The van der Waals surface area contributed by atoms with Crippen molar-refractivity contribution in [3.63, 3.8) is 0 Å². The molecule has 1 aromatic heterocycles. The van der Waals surface area contributed by atoms with E-state index in [-0.39, 0.29) is 5.37 Å². The Morgan fingerprint density at radius 3 is 2.71 bits per heavy atom. The lowest BCUT2D eigenvalue weighted by molar-refractivity contribution is -0.141. The Balaban J connectivity index is 1.51. The second-order valence-corrected chi connectivity index (χ2v) is 5.68. The van der Waals surface area contributed by atoms with Crippen LogP contribution in [-0.4, -0.2) is 21.6 Å². The van der Waals surface area contributed by atoms with Crippen LogP contribution >= 0.6 is 11.8 Å². The first-order chi connectivity index (χ1) is 10.0. The van der Waals surface area contributed by atoms with Crippen LogP contribution in [0.1, 0.15) is 11.3 Å². The van der Waals surface area contributed by atoms with E-state index < -0.39 is 11.9 Å². The van der Waals surface area contributed by atoms with Crippen LogP contribution in [0.5, 0.6) is 0 Å². The summed E-state index contributed by atoms with van der Waals surface area (Å²) in [5.41, 5.74) is 3.07. The standard InChI is InChI=1S/C13H12F3N3OS/c14-13(15,16)10-6-19-12(17-10)21-11(18-19)8-20-7-9-4-2-1-3-5-9/h1-6,11,18H,7-8H2. The molecule has 1 aromatic carbocycles. The zero-order valence-corrected chi connectivity index (χ0v) is 11.6. The minimum atomic E-state index is -4.42. The zero-order valence-electron chi connectivity index (χ0n) is 10.8. The molecule has 8 heteroatoms. The number of rotatable bonds is 4. The SMILES string of the molecule is FC(F)(F)c1cn2c(n1)SC(COCc1ccccc1)N2. The van der Waals surface area contributed by atoms with Gasteiger partial charge >= 0.3 is 6.18 Å². The average Bonchev–Trinajstić information content (AvgIpc) is 2.97. The molecule has 0 saturated heterocycles. The van der Waals surface area contributed by atoms with Crippen LogP contribution in [0, 0.1) is 0 Å². The highest BCUT2D eigenvalue weighted by Crippen LogP contribution is 2.34. The van der Waals surface area contributed by atoms with Gasteiger partial charge in [0.15, 0.2) is 10.9 Å². The number of halogens is 3. The summed E-state index contributed by atoms with van der Waals surface area (Å²) in [6, 6.07) is 9.69. The first kappa shape index (κ1) is 14.3. The summed E-state index contributed by atoms with van der Waals surface area (Å²) in [5, 5.41) is 0.161. The molecule has 0 aliphatic carbocycles. The molecule has 0 saturated carbocycles. The highest BCUT2D eigenvalue weighted by Gasteiger charge is 2.37. The van der Waals surface area contributed by atoms with E-state index >= 15 is 0 Å². The van der Waals surface area contributed by atoms with Gasteiger partial charge in [0.1, 0.15) is 5.37 Å². The highest BCUT2D eigenvalue weighted by molar-refractivity contribution is 8.00. The molecule has 0 radical (unpaired) electrons. The minimum absolute atomic E-state index is 0.140. The minimum Gasteiger partial charge on any atom is -0.374 e. The predicted molar refractivity (Wildman–Crippen MR) is 72.3 cm³/mol. The number of nitrogens with zero attached hydrogens (tertiary/aromatic N) is 2. The molecule has 0 fully saturated rings. The number of benzene rings is 1. The number of fused-ring (bicyclic) bond motifs is 1. The molecule has 0 bridgehead atoms. The van der Waals surface area contributed by atoms with Crippen molar-refractivity contribution in [3.05, 3.63) is 47.8 Å². The lowest BCUT2D eigenvalue weighted by Crippen LogP contribution is -2.23. The molecule has 21 heavy (non-hydrogen) atoms. The van der Waals surface area contributed by atoms with E-state index in [0.29, 0.717) is 18.4 Å². The van der Waals surface area contributed by atoms with Gasteiger partial charge in [0.25, 0.3) is 0 Å². The molecular weight excluding hydrogens is 303 g/mol. The van der Waals surface area contributed by atoms with Gasteiger partial charge in [-0.2, -0.15) is 13.2 Å². The summed E-state index contributed by atoms with van der Waals surface area (Å²) in [4.78, 5) is 3.56. The molecule has 0 spiro atoms. The van der Waals surface area contributed by atoms with E-state index in [4.69, 9.17) is 4.74 Å². The van der Waals surface area contributed by atoms with Crippen LogP contribution < -0.4 is 5.43 Å². The van der Waals surface area contributed by atoms with Gasteiger partial charge in [-0.05, 0) is 5.56 Å². The Hall–Kier alpha value is -1.67. The molecule has 1 aliphatic rings. The number of hydrogen-bond donors (Lipinski definition) is 1. The average molecular weight is 315 g/mol. The van der Waals surface area contributed by atoms with Crippen molar-refractivity contribution in [1.82, 2.24) is 9.66 Å². The third kappa shape index (κ3) is 3.33. The Bertz CT molecular complexity index is 591. The third-order valence-corrected chi connectivity index (χ3v) is 3.90. The fraction of sp³-hybridized carbons (Fsp3) is 0.308. The van der Waals surface area contributed by atoms with Crippen LogP contribution in [0.25, 0.3) is 0 Å². The van der Waals surface area contributed by atoms with Crippen LogP contribution in [0.3, 0.4) is 0 Å². The number of thioether (sulfide) groups is 1. The van der Waals surface area contributed by atoms with E-state index in [2.05, 4.69) is 10.4 Å². The summed E-state index contributed by atoms with van der Waals surface area (Å²) in [5.74, 6) is 0. The van der Waals surface area contributed by atoms with Gasteiger partial charge in [0.2, 0.25) is 0 Å². The molecule has 0 amide bonds. The van der Waals surface area contributed by atoms with Crippen molar-refractivity contribution in [2.75, 3.05) is 12.0 Å². The number of ether oxygens (including phenoxy) is 1. The Morgan fingerprint density at radius 1 is 1.29 bits per heavy atom. The van der Waals surface area contributed by atoms with E-state index in [9.17, 15) is 13.2 Å². The first-order valence-electron chi connectivity index (χ1n) is 6.24. The van der Waals surface area contributed by atoms with Crippen molar-refractivity contribution < 1.29 is 17.9 Å². The van der Waals surface area contributed by atoms with Crippen LogP contribution in [0.2, 0.25) is 0 Å². The maximum absolute atomic E-state index is 12.5. The van der Waals surface area contributed by atoms with Crippen molar-refractivity contribution in [2.24, 2.45) is 0 Å². The normalized spacial score (nSPS) is 17.6. The predicted octanol–water partition coefficient (Wildman–Crippen LogP) is 3.09. The van der Waals surface area contributed by atoms with Crippen molar-refractivity contribution in [1.29, 1.82) is 0 Å². The molecule has 4 nitrogen and oxygen atoms in total. The van der Waals surface area contributed by atoms with Gasteiger partial charge in [-0.1, -0.05) is 42.1 Å². The number of nitrogens with one attached hydrogen (secondary N) is 1. The molecule has 1 unspecified atom stereocenters. The topological polar surface area (TPSA) is 39.1 Å². The molecule has 2 heterocycles. The second kappa shape index (κ2) is 5.61. The maximum atomic E-state index is 12.5. The van der Waals surface area contributed by atoms with Gasteiger partial charge in [0, 0.05) is 0 Å². The van der Waals surface area contributed by atoms with Gasteiger partial charge in [0.05, 0.1) is 19.4 Å². The zero-order chi connectivity index (χ0) is 14.9. The van der Waals surface area contributed by atoms with Crippen molar-refractivity contribution in [2.45, 2.75) is 23.3 Å². The van der Waals surface area contributed by atoms with Crippen LogP contribution in [-0.2, 0) is 17.5 Å². The Morgan fingerprint density at radius 2 is 2.05 bits per heavy atom. The number of alkyl halides is 3. The van der Waals surface area contributed by atoms with Gasteiger partial charge < -0.3 is 10.2 Å². The van der Waals surface area contributed by atoms with Crippen LogP contribution in [0.15, 0.2) is 41.7 Å². The van der Waals surface area contributed by atoms with Crippen LogP contribution in [0.4, 0.5) is 13.2 Å². The third-order valence-electron chi connectivity index (χ3n) is 2.88. The molecule has 1 atom stereocenters. The lowest BCUT2D eigenvalue weighted by atomic mass is 10.2. The number of imidazole rings is 1. The quantitative estimate of drug-likeness (QED) is 0.941. The fourth-order valence-electron chi connectivity index (χ4n) is 1.91. The summed E-state index contributed by atoms with van der Waals surface area (Å²) in [7, 11) is 0. The first-order valence-corrected chi connectivity index (χ1v) is 7.12. The van der Waals surface area contributed by atoms with Gasteiger partial charge in [-0.25, -0.2) is 9.66 Å². The lowest BCUT2D eigenvalue weighted by Gasteiger charge is -2.11. The summed E-state index contributed by atoms with van der Waals surface area (Å²) >= 11 is 1.22. The molecule has 2 aromatic rings. The van der Waals surface area contributed by atoms with E-state index in [0.717, 1.165) is 11.8 Å². The largest absolute Gasteiger partial charge is 0.434 e. The molecule has 1 aliphatic heterocycles. The van der Waals surface area contributed by atoms with E-state index in [1.54, 1.807) is 0 Å². The fourth-order valence-corrected chi connectivity index (χ4v) is 2.87. The van der Waals surface area contributed by atoms with E-state index in [1.165, 1.54) is 16.4 Å². The maximum Gasteiger partial charge on any atom is 0.434 e. The molecule has 112 valence electrons. The molecule has 3 rings (SSSR count). The summed E-state index contributed by atoms with van der Waals surface area (Å²) < 4.78 is 44.3. The molecular formula is C13H12F3N3OS. The Kier molecular flexibility index (Phi) is 3.81. The number of hydrogen-bond acceptors (Lipinski definition) is 4. The van der Waals surface area contributed by atoms with Crippen molar-refractivity contribution >= 4 is 11.8 Å². The van der Waals surface area contributed by atoms with Gasteiger partial charge in [-0.15, -0.1) is 0 Å². The smallest absolute Gasteiger partial charge is 0.374 e. The number of aromatic nitrogens is 2. The highest BCUT2D eigenvalue weighted by atomic mass is 32.2. The second-order valence-electron chi connectivity index (χ2n) is 4.51. The summed E-state index contributed by atoms with van der Waals surface area (Å²) in [6.07, 6.45) is -3.46. The monoisotopic (exact) mass is 315 g/mol. The molecule has 1 N–H and O–H groups in total. The summed E-state index contributed by atoms with van der Waals surface area (Å²) in [6.45, 7) is 0.847. The Labute approximate surface area is 123 Å². The van der Waals surface area contributed by atoms with Gasteiger partial charge in [-0.3, -0.25) is 0 Å². The van der Waals surface area contributed by atoms with E-state index in [1.807, 2.05) is 30.3 Å². The van der Waals surface area contributed by atoms with Crippen molar-refractivity contribution in [3.8, 4) is 0 Å².